The number of nitrogens with zero attached hydrogens (tertiary/aromatic N) is 2. The first-order valence-electron chi connectivity index (χ1n) is 14.9. The molecule has 0 aromatic carbocycles. The highest BCUT2D eigenvalue weighted by molar-refractivity contribution is 5.31. The average Bonchev–Trinajstić information content (AvgIpc) is 3.20. The molecule has 0 unspecified atom stereocenters. The van der Waals surface area contributed by atoms with E-state index in [1.54, 1.807) is 0 Å². The maximum absolute atomic E-state index is 10.8. The Bertz CT molecular complexity index is 1000. The molecule has 1 aromatic heterocycles. The molecular formula is C32H50N2O. The van der Waals surface area contributed by atoms with Gasteiger partial charge in [-0.15, -0.1) is 0 Å². The van der Waals surface area contributed by atoms with Gasteiger partial charge in [-0.25, -0.2) is 0 Å². The van der Waals surface area contributed by atoms with Gasteiger partial charge in [0.15, 0.2) is 0 Å². The van der Waals surface area contributed by atoms with Gasteiger partial charge >= 0.3 is 0 Å². The van der Waals surface area contributed by atoms with Crippen molar-refractivity contribution in [3.63, 3.8) is 0 Å². The van der Waals surface area contributed by atoms with Crippen molar-refractivity contribution in [3.8, 4) is 0 Å². The third-order valence-corrected chi connectivity index (χ3v) is 13.9. The van der Waals surface area contributed by atoms with Crippen LogP contribution in [0.3, 0.4) is 0 Å². The Kier molecular flexibility index (Phi) is 5.26. The molecule has 3 heteroatoms. The molecule has 9 atom stereocenters. The first-order valence-corrected chi connectivity index (χ1v) is 14.9. The summed E-state index contributed by atoms with van der Waals surface area (Å²) in [5.41, 5.74) is 3.84. The second-order valence-electron chi connectivity index (χ2n) is 15.4. The summed E-state index contributed by atoms with van der Waals surface area (Å²) in [6, 6.07) is 0. The van der Waals surface area contributed by atoms with E-state index in [9.17, 15) is 5.11 Å². The van der Waals surface area contributed by atoms with Gasteiger partial charge < -0.3 is 5.11 Å². The van der Waals surface area contributed by atoms with E-state index in [0.717, 1.165) is 30.1 Å². The predicted molar refractivity (Wildman–Crippen MR) is 142 cm³/mol. The largest absolute Gasteiger partial charge is 0.396 e. The fraction of sp³-hybridized carbons (Fsp3) is 0.875. The van der Waals surface area contributed by atoms with Crippen molar-refractivity contribution in [3.05, 3.63) is 23.8 Å². The Labute approximate surface area is 214 Å². The minimum Gasteiger partial charge on any atom is -0.396 e. The van der Waals surface area contributed by atoms with E-state index >= 15 is 0 Å². The fourth-order valence-electron chi connectivity index (χ4n) is 12.2. The van der Waals surface area contributed by atoms with E-state index in [1.807, 2.05) is 12.4 Å². The molecule has 4 fully saturated rings. The lowest BCUT2D eigenvalue weighted by Gasteiger charge is -2.72. The van der Waals surface area contributed by atoms with Crippen LogP contribution in [-0.2, 0) is 11.8 Å². The molecule has 0 radical (unpaired) electrons. The first kappa shape index (κ1) is 24.4. The summed E-state index contributed by atoms with van der Waals surface area (Å²) in [5.74, 6) is 4.41. The molecule has 1 aromatic rings. The Morgan fingerprint density at radius 3 is 2.31 bits per heavy atom. The van der Waals surface area contributed by atoms with Gasteiger partial charge in [-0.2, -0.15) is 0 Å². The van der Waals surface area contributed by atoms with E-state index in [1.165, 1.54) is 62.8 Å². The Morgan fingerprint density at radius 2 is 1.60 bits per heavy atom. The van der Waals surface area contributed by atoms with Gasteiger partial charge in [-0.3, -0.25) is 9.97 Å². The zero-order valence-corrected chi connectivity index (χ0v) is 23.5. The topological polar surface area (TPSA) is 46.0 Å². The number of aliphatic hydroxyl groups excluding tert-OH is 1. The van der Waals surface area contributed by atoms with Crippen molar-refractivity contribution >= 4 is 0 Å². The molecule has 0 bridgehead atoms. The Hall–Kier alpha value is -0.960. The third kappa shape index (κ3) is 2.89. The van der Waals surface area contributed by atoms with Crippen LogP contribution in [-0.4, -0.2) is 21.7 Å². The standard InChI is InChI=1S/C32H50N2O/c1-20(2)21-10-13-32(19-35)15-14-30(6)22(26(21)32)8-9-25-29(5)18-23-27(34-17-16-33-23)28(3,4)24(29)11-12-31(25,30)7/h16-17,20-22,24-26,35H,8-15,18-19H2,1-7H3/t21-,22+,24-,25+,26+,29-,30+,31+,32+/m0/s1. The van der Waals surface area contributed by atoms with Crippen LogP contribution in [0.5, 0.6) is 0 Å². The predicted octanol–water partition coefficient (Wildman–Crippen LogP) is 7.22. The lowest BCUT2D eigenvalue weighted by molar-refractivity contribution is -0.231. The monoisotopic (exact) mass is 478 g/mol. The lowest BCUT2D eigenvalue weighted by atomic mass is 9.32. The molecule has 5 aliphatic carbocycles. The van der Waals surface area contributed by atoms with Crippen LogP contribution >= 0.6 is 0 Å². The van der Waals surface area contributed by atoms with Crippen LogP contribution < -0.4 is 0 Å². The van der Waals surface area contributed by atoms with Crippen LogP contribution in [0, 0.1) is 57.2 Å². The Morgan fingerprint density at radius 1 is 0.857 bits per heavy atom. The van der Waals surface area contributed by atoms with Gasteiger partial charge in [0.2, 0.25) is 0 Å². The van der Waals surface area contributed by atoms with Crippen LogP contribution in [0.25, 0.3) is 0 Å². The van der Waals surface area contributed by atoms with Gasteiger partial charge in [-0.1, -0.05) is 48.5 Å². The highest BCUT2D eigenvalue weighted by atomic mass is 16.3. The number of hydrogen-bond donors (Lipinski definition) is 1. The lowest BCUT2D eigenvalue weighted by Crippen LogP contribution is -2.66. The molecular weight excluding hydrogens is 428 g/mol. The zero-order chi connectivity index (χ0) is 25.0. The van der Waals surface area contributed by atoms with Gasteiger partial charge in [0.25, 0.3) is 0 Å². The summed E-state index contributed by atoms with van der Waals surface area (Å²) in [5, 5.41) is 10.8. The number of aromatic nitrogens is 2. The van der Waals surface area contributed by atoms with E-state index in [-0.39, 0.29) is 16.2 Å². The van der Waals surface area contributed by atoms with E-state index in [2.05, 4.69) is 48.5 Å². The summed E-state index contributed by atoms with van der Waals surface area (Å²) >= 11 is 0. The minimum absolute atomic E-state index is 0.0858. The quantitative estimate of drug-likeness (QED) is 0.488. The first-order chi connectivity index (χ1) is 16.4. The zero-order valence-electron chi connectivity index (χ0n) is 23.5. The van der Waals surface area contributed by atoms with Crippen molar-refractivity contribution in [2.45, 2.75) is 112 Å². The summed E-state index contributed by atoms with van der Waals surface area (Å²) in [6.07, 6.45) is 15.5. The maximum atomic E-state index is 10.8. The SMILES string of the molecule is CC(C)[C@@H]1CC[C@]2(CO)CC[C@]3(C)[C@H](CC[C@@H]4[C@@]5(C)Cc6nccnc6C(C)(C)[C@@H]5CC[C@]43C)[C@@H]12. The molecule has 0 saturated heterocycles. The van der Waals surface area contributed by atoms with Gasteiger partial charge in [0.1, 0.15) is 0 Å². The minimum atomic E-state index is 0.0858. The third-order valence-electron chi connectivity index (χ3n) is 13.9. The highest BCUT2D eigenvalue weighted by Gasteiger charge is 2.70. The fourth-order valence-corrected chi connectivity index (χ4v) is 12.2. The van der Waals surface area contributed by atoms with Crippen LogP contribution in [0.2, 0.25) is 0 Å². The van der Waals surface area contributed by atoms with Crippen LogP contribution in [0.1, 0.15) is 111 Å². The smallest absolute Gasteiger partial charge is 0.0678 e. The maximum Gasteiger partial charge on any atom is 0.0678 e. The molecule has 1 heterocycles. The van der Waals surface area contributed by atoms with E-state index < -0.39 is 0 Å². The number of rotatable bonds is 2. The summed E-state index contributed by atoms with van der Waals surface area (Å²) in [4.78, 5) is 9.80. The molecule has 6 rings (SSSR count). The molecule has 0 spiro atoms. The molecule has 194 valence electrons. The van der Waals surface area contributed by atoms with Crippen molar-refractivity contribution in [1.29, 1.82) is 0 Å². The van der Waals surface area contributed by atoms with Crippen molar-refractivity contribution in [2.24, 2.45) is 57.2 Å². The van der Waals surface area contributed by atoms with Crippen molar-refractivity contribution < 1.29 is 5.11 Å². The van der Waals surface area contributed by atoms with Crippen molar-refractivity contribution in [1.82, 2.24) is 9.97 Å². The molecule has 3 nitrogen and oxygen atoms in total. The summed E-state index contributed by atoms with van der Waals surface area (Å²) in [7, 11) is 0. The van der Waals surface area contributed by atoms with Crippen LogP contribution in [0.15, 0.2) is 12.4 Å². The molecule has 1 N–H and O–H groups in total. The summed E-state index contributed by atoms with van der Waals surface area (Å²) < 4.78 is 0. The molecule has 0 amide bonds. The normalized spacial score (nSPS) is 50.0. The number of fused-ring (bicyclic) bond motifs is 8. The molecule has 0 aliphatic heterocycles. The average molecular weight is 479 g/mol. The van der Waals surface area contributed by atoms with Gasteiger partial charge in [0, 0.05) is 24.4 Å². The highest BCUT2D eigenvalue weighted by Crippen LogP contribution is 2.77. The molecule has 35 heavy (non-hydrogen) atoms. The van der Waals surface area contributed by atoms with Gasteiger partial charge in [-0.05, 0) is 115 Å². The Balaban J connectivity index is 1.42. The second-order valence-corrected chi connectivity index (χ2v) is 15.4. The van der Waals surface area contributed by atoms with Crippen LogP contribution in [0.4, 0.5) is 0 Å². The number of hydrogen-bond acceptors (Lipinski definition) is 3. The van der Waals surface area contributed by atoms with Gasteiger partial charge in [0.05, 0.1) is 11.4 Å². The second kappa shape index (κ2) is 7.55. The summed E-state index contributed by atoms with van der Waals surface area (Å²) in [6.45, 7) is 18.3. The van der Waals surface area contributed by atoms with Crippen molar-refractivity contribution in [2.75, 3.05) is 6.61 Å². The number of aliphatic hydroxyl groups is 1. The van der Waals surface area contributed by atoms with E-state index in [4.69, 9.17) is 9.97 Å². The molecule has 5 aliphatic rings. The molecule has 4 saturated carbocycles. The van der Waals surface area contributed by atoms with E-state index in [0.29, 0.717) is 29.3 Å².